The molecule has 8 aromatic carbocycles. The highest BCUT2D eigenvalue weighted by Crippen LogP contribution is 2.52. The minimum absolute atomic E-state index is 0.197. The van der Waals surface area contributed by atoms with Crippen LogP contribution in [0.4, 0.5) is 0 Å². The first-order valence-electron chi connectivity index (χ1n) is 20.7. The molecule has 5 heteroatoms. The van der Waals surface area contributed by atoms with Crippen LogP contribution in [-0.2, 0) is 5.41 Å². The second-order valence-corrected chi connectivity index (χ2v) is 16.1. The van der Waals surface area contributed by atoms with Gasteiger partial charge in [0, 0.05) is 38.8 Å². The number of rotatable bonds is 7. The summed E-state index contributed by atoms with van der Waals surface area (Å²) in [6.45, 7) is 4.68. The third-order valence-electron chi connectivity index (χ3n) is 11.9. The van der Waals surface area contributed by atoms with Crippen LogP contribution in [0.1, 0.15) is 25.0 Å². The van der Waals surface area contributed by atoms with Gasteiger partial charge in [-0.15, -0.1) is 0 Å². The van der Waals surface area contributed by atoms with Crippen LogP contribution < -0.4 is 0 Å². The van der Waals surface area contributed by atoms with Gasteiger partial charge in [-0.3, -0.25) is 0 Å². The van der Waals surface area contributed by atoms with Crippen molar-refractivity contribution in [1.29, 1.82) is 0 Å². The summed E-state index contributed by atoms with van der Waals surface area (Å²) < 4.78 is 0. The zero-order chi connectivity index (χ0) is 40.9. The molecule has 0 aliphatic heterocycles. The zero-order valence-corrected chi connectivity index (χ0v) is 33.8. The Morgan fingerprint density at radius 3 is 1.43 bits per heavy atom. The Morgan fingerprint density at radius 1 is 0.311 bits per heavy atom. The van der Waals surface area contributed by atoms with E-state index < -0.39 is 0 Å². The van der Waals surface area contributed by atoms with Crippen molar-refractivity contribution in [2.24, 2.45) is 0 Å². The summed E-state index contributed by atoms with van der Waals surface area (Å²) in [4.78, 5) is 25.4. The van der Waals surface area contributed by atoms with E-state index in [1.165, 1.54) is 33.0 Å². The fraction of sp³-hybridized carbons (Fsp3) is 0.0536. The number of hydrogen-bond acceptors (Lipinski definition) is 5. The minimum Gasteiger partial charge on any atom is -0.228 e. The molecule has 288 valence electrons. The van der Waals surface area contributed by atoms with Crippen LogP contribution in [0.2, 0.25) is 0 Å². The van der Waals surface area contributed by atoms with E-state index in [4.69, 9.17) is 24.9 Å². The quantitative estimate of drug-likeness (QED) is 0.161. The Hall–Kier alpha value is -7.89. The fourth-order valence-electron chi connectivity index (χ4n) is 8.85. The molecule has 0 atom stereocenters. The van der Waals surface area contributed by atoms with Gasteiger partial charge in [0.05, 0.1) is 11.4 Å². The second kappa shape index (κ2) is 14.7. The standard InChI is InChI=1S/C56H39N5/c1-56(2)48-34-44(29-30-46(48)47-31-28-36-16-12-13-27-45(36)51(47)56)54-57-49(37-17-6-3-7-18-37)35-50(58-54)42-25-14-23-40(32-42)41-24-15-26-43(33-41)55-60-52(38-19-8-4-9-20-38)59-53(61-55)39-21-10-5-11-22-39/h3-35H,1-2H3. The lowest BCUT2D eigenvalue weighted by molar-refractivity contribution is 0.666. The predicted molar refractivity (Wildman–Crippen MR) is 249 cm³/mol. The molecule has 0 amide bonds. The number of fused-ring (bicyclic) bond motifs is 5. The highest BCUT2D eigenvalue weighted by Gasteiger charge is 2.37. The highest BCUT2D eigenvalue weighted by atomic mass is 15.0. The maximum absolute atomic E-state index is 5.31. The number of nitrogens with zero attached hydrogens (tertiary/aromatic N) is 5. The summed E-state index contributed by atoms with van der Waals surface area (Å²) in [6, 6.07) is 69.6. The van der Waals surface area contributed by atoms with Gasteiger partial charge in [-0.25, -0.2) is 24.9 Å². The van der Waals surface area contributed by atoms with Gasteiger partial charge in [0.1, 0.15) is 0 Å². The Bertz CT molecular complexity index is 3210. The van der Waals surface area contributed by atoms with Gasteiger partial charge in [-0.1, -0.05) is 190 Å². The lowest BCUT2D eigenvalue weighted by Crippen LogP contribution is -2.15. The summed E-state index contributed by atoms with van der Waals surface area (Å²) in [7, 11) is 0. The van der Waals surface area contributed by atoms with Gasteiger partial charge in [0.15, 0.2) is 23.3 Å². The van der Waals surface area contributed by atoms with Crippen LogP contribution in [0.3, 0.4) is 0 Å². The van der Waals surface area contributed by atoms with E-state index in [0.29, 0.717) is 23.3 Å². The minimum atomic E-state index is -0.197. The molecule has 0 unspecified atom stereocenters. The van der Waals surface area contributed by atoms with E-state index in [0.717, 1.165) is 55.9 Å². The molecule has 5 nitrogen and oxygen atoms in total. The molecule has 0 saturated carbocycles. The maximum atomic E-state index is 5.31. The predicted octanol–water partition coefficient (Wildman–Crippen LogP) is 13.8. The molecule has 61 heavy (non-hydrogen) atoms. The average Bonchev–Trinajstić information content (AvgIpc) is 3.57. The van der Waals surface area contributed by atoms with E-state index in [1.807, 2.05) is 66.7 Å². The van der Waals surface area contributed by atoms with Crippen LogP contribution in [-0.4, -0.2) is 24.9 Å². The molecule has 0 spiro atoms. The molecule has 0 saturated heterocycles. The molecule has 11 rings (SSSR count). The van der Waals surface area contributed by atoms with E-state index >= 15 is 0 Å². The van der Waals surface area contributed by atoms with E-state index in [9.17, 15) is 0 Å². The van der Waals surface area contributed by atoms with E-state index in [2.05, 4.69) is 147 Å². The molecule has 0 radical (unpaired) electrons. The van der Waals surface area contributed by atoms with Gasteiger partial charge in [0.2, 0.25) is 0 Å². The van der Waals surface area contributed by atoms with Gasteiger partial charge < -0.3 is 0 Å². The van der Waals surface area contributed by atoms with Gasteiger partial charge >= 0.3 is 0 Å². The van der Waals surface area contributed by atoms with Crippen LogP contribution in [0.25, 0.3) is 101 Å². The van der Waals surface area contributed by atoms with Crippen LogP contribution >= 0.6 is 0 Å². The van der Waals surface area contributed by atoms with Crippen molar-refractivity contribution in [3.63, 3.8) is 0 Å². The maximum Gasteiger partial charge on any atom is 0.164 e. The Balaban J connectivity index is 0.995. The summed E-state index contributed by atoms with van der Waals surface area (Å²) >= 11 is 0. The smallest absolute Gasteiger partial charge is 0.164 e. The molecule has 2 aromatic heterocycles. The molecule has 0 N–H and O–H groups in total. The SMILES string of the molecule is CC1(C)c2cc(-c3nc(-c4ccccc4)cc(-c4cccc(-c5cccc(-c6nc(-c7ccccc7)nc(-c7ccccc7)n6)c5)c4)n3)ccc2-c2ccc3ccccc3c21. The number of benzene rings is 8. The normalized spacial score (nSPS) is 12.6. The van der Waals surface area contributed by atoms with Crippen molar-refractivity contribution in [3.8, 4) is 90.3 Å². The first-order chi connectivity index (χ1) is 30.0. The van der Waals surface area contributed by atoms with Crippen molar-refractivity contribution in [3.05, 3.63) is 211 Å². The molecular formula is C56H39N5. The summed E-state index contributed by atoms with van der Waals surface area (Å²) in [6.07, 6.45) is 0. The average molecular weight is 782 g/mol. The summed E-state index contributed by atoms with van der Waals surface area (Å²) in [5.41, 5.74) is 14.7. The molecule has 1 aliphatic rings. The molecule has 10 aromatic rings. The first-order valence-corrected chi connectivity index (χ1v) is 20.7. The number of hydrogen-bond donors (Lipinski definition) is 0. The van der Waals surface area contributed by atoms with Crippen LogP contribution in [0.5, 0.6) is 0 Å². The Labute approximate surface area is 355 Å². The molecular weight excluding hydrogens is 743 g/mol. The molecule has 2 heterocycles. The van der Waals surface area contributed by atoms with Gasteiger partial charge in [-0.2, -0.15) is 0 Å². The van der Waals surface area contributed by atoms with Crippen molar-refractivity contribution in [1.82, 2.24) is 24.9 Å². The second-order valence-electron chi connectivity index (χ2n) is 16.1. The molecule has 0 bridgehead atoms. The fourth-order valence-corrected chi connectivity index (χ4v) is 8.85. The monoisotopic (exact) mass is 781 g/mol. The van der Waals surface area contributed by atoms with Crippen molar-refractivity contribution in [2.45, 2.75) is 19.3 Å². The first kappa shape index (κ1) is 36.2. The van der Waals surface area contributed by atoms with E-state index in [-0.39, 0.29) is 5.41 Å². The van der Waals surface area contributed by atoms with E-state index in [1.54, 1.807) is 0 Å². The van der Waals surface area contributed by atoms with Crippen molar-refractivity contribution in [2.75, 3.05) is 0 Å². The molecule has 0 fully saturated rings. The zero-order valence-electron chi connectivity index (χ0n) is 33.8. The number of aromatic nitrogens is 5. The third kappa shape index (κ3) is 6.57. The molecule has 1 aliphatic carbocycles. The largest absolute Gasteiger partial charge is 0.228 e. The third-order valence-corrected chi connectivity index (χ3v) is 11.9. The van der Waals surface area contributed by atoms with Gasteiger partial charge in [0.25, 0.3) is 0 Å². The topological polar surface area (TPSA) is 64.5 Å². The van der Waals surface area contributed by atoms with Gasteiger partial charge in [-0.05, 0) is 68.4 Å². The van der Waals surface area contributed by atoms with Crippen LogP contribution in [0, 0.1) is 0 Å². The van der Waals surface area contributed by atoms with Crippen molar-refractivity contribution >= 4 is 10.8 Å². The summed E-state index contributed by atoms with van der Waals surface area (Å²) in [5, 5.41) is 2.57. The highest BCUT2D eigenvalue weighted by molar-refractivity contribution is 5.98. The lowest BCUT2D eigenvalue weighted by atomic mass is 9.80. The summed E-state index contributed by atoms with van der Waals surface area (Å²) in [5.74, 6) is 2.58. The Morgan fingerprint density at radius 2 is 0.770 bits per heavy atom. The van der Waals surface area contributed by atoms with Crippen LogP contribution in [0.15, 0.2) is 200 Å². The Kier molecular flexibility index (Phi) is 8.75. The van der Waals surface area contributed by atoms with Crippen molar-refractivity contribution < 1.29 is 0 Å². The lowest BCUT2D eigenvalue weighted by Gasteiger charge is -2.23.